The van der Waals surface area contributed by atoms with Crippen LogP contribution < -0.4 is 19.7 Å². The molecule has 4 rings (SSSR count). The third-order valence-electron chi connectivity index (χ3n) is 6.70. The van der Waals surface area contributed by atoms with Gasteiger partial charge in [0, 0.05) is 33.6 Å². The zero-order chi connectivity index (χ0) is 37.9. The molecule has 272 valence electrons. The number of pyridine rings is 2. The van der Waals surface area contributed by atoms with Gasteiger partial charge in [-0.25, -0.2) is 16.8 Å². The molecule has 0 aliphatic carbocycles. The predicted octanol–water partition coefficient (Wildman–Crippen LogP) is 4.11. The van der Waals surface area contributed by atoms with Gasteiger partial charge in [-0.3, -0.25) is 33.0 Å². The molecule has 0 unspecified atom stereocenters. The number of alkyl halides is 2. The average molecular weight is 786 g/mol. The highest BCUT2D eigenvalue weighted by Gasteiger charge is 2.21. The number of rotatable bonds is 14. The number of nitrogens with two attached hydrogens (primary N) is 1. The summed E-state index contributed by atoms with van der Waals surface area (Å²) in [6, 6.07) is 18.8. The van der Waals surface area contributed by atoms with Crippen LogP contribution in [0, 0.1) is 0 Å². The minimum atomic E-state index is -3.64. The monoisotopic (exact) mass is 784 g/mol. The number of nitrogens with one attached hydrogen (secondary N) is 1. The SMILES string of the molecule is CS(=O)(=O)N(Cc1ccc(C(=O)CN)cn1)c1cccc(Cl)c1.CS(=O)(=O)N(Cc1ccc(C(=O)CNC(=O)C(F)F)cn1)c1cccc(Cl)c1. The summed E-state index contributed by atoms with van der Waals surface area (Å²) in [6.45, 7) is -0.757. The number of nitrogens with zero attached hydrogens (tertiary/aromatic N) is 4. The smallest absolute Gasteiger partial charge is 0.315 e. The van der Waals surface area contributed by atoms with E-state index >= 15 is 0 Å². The molecule has 0 radical (unpaired) electrons. The van der Waals surface area contributed by atoms with E-state index in [1.807, 2.05) is 5.32 Å². The molecule has 0 aliphatic heterocycles. The van der Waals surface area contributed by atoms with E-state index in [4.69, 9.17) is 28.9 Å². The molecule has 0 saturated heterocycles. The highest BCUT2D eigenvalue weighted by Crippen LogP contribution is 2.25. The zero-order valence-electron chi connectivity index (χ0n) is 27.0. The van der Waals surface area contributed by atoms with Crippen molar-refractivity contribution in [1.29, 1.82) is 0 Å². The fourth-order valence-electron chi connectivity index (χ4n) is 4.19. The maximum Gasteiger partial charge on any atom is 0.315 e. The van der Waals surface area contributed by atoms with E-state index in [0.29, 0.717) is 38.4 Å². The van der Waals surface area contributed by atoms with E-state index in [9.17, 15) is 40.0 Å². The molecule has 19 heteroatoms. The van der Waals surface area contributed by atoms with Crippen LogP contribution in [0.15, 0.2) is 85.2 Å². The first-order chi connectivity index (χ1) is 23.9. The molecule has 0 spiro atoms. The summed E-state index contributed by atoms with van der Waals surface area (Å²) in [5.74, 6) is -2.37. The van der Waals surface area contributed by atoms with Gasteiger partial charge in [-0.2, -0.15) is 8.78 Å². The van der Waals surface area contributed by atoms with Gasteiger partial charge >= 0.3 is 6.43 Å². The van der Waals surface area contributed by atoms with Gasteiger partial charge in [0.05, 0.1) is 61.5 Å². The molecule has 1 amide bonds. The summed E-state index contributed by atoms with van der Waals surface area (Å²) in [5, 5.41) is 2.61. The first-order valence-corrected chi connectivity index (χ1v) is 19.0. The number of benzene rings is 2. The van der Waals surface area contributed by atoms with E-state index < -0.39 is 44.7 Å². The van der Waals surface area contributed by atoms with Gasteiger partial charge in [0.2, 0.25) is 20.0 Å². The number of sulfonamides is 2. The highest BCUT2D eigenvalue weighted by atomic mass is 35.5. The summed E-state index contributed by atoms with van der Waals surface area (Å²) in [5.41, 5.74) is 7.43. The van der Waals surface area contributed by atoms with Crippen molar-refractivity contribution in [1.82, 2.24) is 15.3 Å². The van der Waals surface area contributed by atoms with Crippen molar-refractivity contribution in [2.24, 2.45) is 5.73 Å². The van der Waals surface area contributed by atoms with Gasteiger partial charge in [0.1, 0.15) is 0 Å². The molecular formula is C32H32Cl2F2N6O7S2. The lowest BCUT2D eigenvalue weighted by atomic mass is 10.1. The predicted molar refractivity (Wildman–Crippen MR) is 190 cm³/mol. The second-order valence-electron chi connectivity index (χ2n) is 10.6. The van der Waals surface area contributed by atoms with Crippen LogP contribution >= 0.6 is 23.2 Å². The number of hydrogen-bond donors (Lipinski definition) is 2. The number of amides is 1. The molecule has 0 saturated carbocycles. The Hall–Kier alpha value is -4.55. The first-order valence-electron chi connectivity index (χ1n) is 14.6. The zero-order valence-corrected chi connectivity index (χ0v) is 30.2. The Morgan fingerprint density at radius 1 is 0.745 bits per heavy atom. The summed E-state index contributed by atoms with van der Waals surface area (Å²) in [6.07, 6.45) is 1.52. The number of carbonyl (C=O) groups excluding carboxylic acids is 3. The molecule has 2 aromatic heterocycles. The number of halogens is 4. The Morgan fingerprint density at radius 2 is 1.18 bits per heavy atom. The number of Topliss-reactive ketones (excluding diaryl/α,β-unsaturated/α-hetero) is 2. The van der Waals surface area contributed by atoms with E-state index in [0.717, 1.165) is 16.8 Å². The van der Waals surface area contributed by atoms with Crippen LogP contribution in [-0.4, -0.2) is 76.3 Å². The molecule has 0 aliphatic rings. The number of carbonyl (C=O) groups is 3. The Kier molecular flexibility index (Phi) is 14.5. The van der Waals surface area contributed by atoms with Crippen LogP contribution in [0.1, 0.15) is 32.1 Å². The normalized spacial score (nSPS) is 11.3. The van der Waals surface area contributed by atoms with E-state index in [-0.39, 0.29) is 31.0 Å². The lowest BCUT2D eigenvalue weighted by molar-refractivity contribution is -0.131. The summed E-state index contributed by atoms with van der Waals surface area (Å²) < 4.78 is 74.9. The Bertz CT molecular complexity index is 2070. The molecule has 0 bridgehead atoms. The third-order valence-corrected chi connectivity index (χ3v) is 9.46. The molecule has 13 nitrogen and oxygen atoms in total. The van der Waals surface area contributed by atoms with Crippen molar-refractivity contribution in [2.45, 2.75) is 19.5 Å². The van der Waals surface area contributed by atoms with Crippen molar-refractivity contribution < 1.29 is 40.0 Å². The van der Waals surface area contributed by atoms with Gasteiger partial charge < -0.3 is 11.1 Å². The third kappa shape index (κ3) is 12.6. The molecule has 4 aromatic rings. The fourth-order valence-corrected chi connectivity index (χ4v) is 6.28. The standard InChI is InChI=1S/C17H16ClF2N3O4S.C15H16ClN3O3S/c1-28(26,27)23(14-4-2-3-12(18)7-14)10-13-6-5-11(8-21-13)15(24)9-22-17(25)16(19)20;1-23(21,22)19(14-4-2-3-12(16)7-14)10-13-6-5-11(9-18-13)15(20)8-17/h2-8,16H,9-10H2,1H3,(H,22,25);2-7,9H,8,10,17H2,1H3. The summed E-state index contributed by atoms with van der Waals surface area (Å²) in [4.78, 5) is 42.4. The number of anilines is 2. The number of hydrogen-bond acceptors (Lipinski definition) is 10. The van der Waals surface area contributed by atoms with Crippen LogP contribution in [0.3, 0.4) is 0 Å². The van der Waals surface area contributed by atoms with Gasteiger partial charge in [-0.05, 0) is 60.7 Å². The van der Waals surface area contributed by atoms with Crippen molar-refractivity contribution in [3.05, 3.63) is 118 Å². The number of ketones is 2. The van der Waals surface area contributed by atoms with E-state index in [2.05, 4.69) is 9.97 Å². The lowest BCUT2D eigenvalue weighted by Gasteiger charge is -2.22. The number of aromatic nitrogens is 2. The minimum Gasteiger partial charge on any atom is -0.344 e. The molecular weight excluding hydrogens is 753 g/mol. The summed E-state index contributed by atoms with van der Waals surface area (Å²) >= 11 is 11.8. The van der Waals surface area contributed by atoms with Crippen molar-refractivity contribution >= 4 is 72.1 Å². The van der Waals surface area contributed by atoms with E-state index in [1.54, 1.807) is 54.6 Å². The molecule has 2 heterocycles. The van der Waals surface area contributed by atoms with Crippen molar-refractivity contribution in [3.8, 4) is 0 Å². The topological polar surface area (TPSA) is 190 Å². The Balaban J connectivity index is 0.000000281. The van der Waals surface area contributed by atoms with Gasteiger partial charge in [-0.15, -0.1) is 0 Å². The average Bonchev–Trinajstić information content (AvgIpc) is 3.07. The highest BCUT2D eigenvalue weighted by molar-refractivity contribution is 7.92. The molecule has 2 aromatic carbocycles. The summed E-state index contributed by atoms with van der Waals surface area (Å²) in [7, 11) is -7.15. The minimum absolute atomic E-state index is 0.0380. The first kappa shape index (κ1) is 40.9. The Morgan fingerprint density at radius 3 is 1.51 bits per heavy atom. The van der Waals surface area contributed by atoms with Crippen LogP contribution in [-0.2, 0) is 37.9 Å². The molecule has 0 fully saturated rings. The van der Waals surface area contributed by atoms with Crippen LogP contribution in [0.5, 0.6) is 0 Å². The second kappa shape index (κ2) is 18.1. The second-order valence-corrected chi connectivity index (χ2v) is 15.3. The van der Waals surface area contributed by atoms with Crippen molar-refractivity contribution in [3.63, 3.8) is 0 Å². The molecule has 3 N–H and O–H groups in total. The lowest BCUT2D eigenvalue weighted by Crippen LogP contribution is -2.34. The maximum atomic E-state index is 12.1. The van der Waals surface area contributed by atoms with E-state index in [1.165, 1.54) is 34.9 Å². The largest absolute Gasteiger partial charge is 0.344 e. The fraction of sp³-hybridized carbons (Fsp3) is 0.219. The molecule has 51 heavy (non-hydrogen) atoms. The van der Waals surface area contributed by atoms with Gasteiger partial charge in [-0.1, -0.05) is 35.3 Å². The van der Waals surface area contributed by atoms with Gasteiger partial charge in [0.15, 0.2) is 11.6 Å². The maximum absolute atomic E-state index is 12.1. The molecule has 0 atom stereocenters. The quantitative estimate of drug-likeness (QED) is 0.176. The van der Waals surface area contributed by atoms with Crippen molar-refractivity contribution in [2.75, 3.05) is 34.2 Å². The van der Waals surface area contributed by atoms with Crippen LogP contribution in [0.4, 0.5) is 20.2 Å². The van der Waals surface area contributed by atoms with Crippen LogP contribution in [0.2, 0.25) is 10.0 Å². The van der Waals surface area contributed by atoms with Gasteiger partial charge in [0.25, 0.3) is 5.91 Å². The Labute approximate surface area is 303 Å². The van der Waals surface area contributed by atoms with Crippen LogP contribution in [0.25, 0.3) is 0 Å².